The monoisotopic (exact) mass is 270 g/mol. The molecule has 4 heteroatoms. The van der Waals surface area contributed by atoms with Gasteiger partial charge in [0.25, 0.3) is 5.91 Å². The molecule has 0 unspecified atom stereocenters. The Morgan fingerprint density at radius 2 is 1.90 bits per heavy atom. The molecule has 0 aromatic heterocycles. The number of nitrogens with one attached hydrogen (secondary N) is 2. The van der Waals surface area contributed by atoms with Crippen molar-refractivity contribution in [3.05, 3.63) is 59.7 Å². The van der Waals surface area contributed by atoms with Crippen LogP contribution < -0.4 is 10.6 Å². The van der Waals surface area contributed by atoms with Crippen molar-refractivity contribution in [3.8, 4) is 5.75 Å². The van der Waals surface area contributed by atoms with E-state index >= 15 is 0 Å². The predicted octanol–water partition coefficient (Wildman–Crippen LogP) is 2.75. The SMILES string of the molecule is CCNC(=O)c1ccc(NCc2cccc(O)c2)cc1. The van der Waals surface area contributed by atoms with E-state index in [0.29, 0.717) is 18.7 Å². The van der Waals surface area contributed by atoms with E-state index in [0.717, 1.165) is 11.3 Å². The van der Waals surface area contributed by atoms with Crippen molar-refractivity contribution in [2.45, 2.75) is 13.5 Å². The van der Waals surface area contributed by atoms with Crippen molar-refractivity contribution < 1.29 is 9.90 Å². The van der Waals surface area contributed by atoms with Crippen LogP contribution >= 0.6 is 0 Å². The quantitative estimate of drug-likeness (QED) is 0.783. The van der Waals surface area contributed by atoms with Gasteiger partial charge in [-0.1, -0.05) is 12.1 Å². The van der Waals surface area contributed by atoms with Gasteiger partial charge in [-0.2, -0.15) is 0 Å². The number of aromatic hydroxyl groups is 1. The van der Waals surface area contributed by atoms with Crippen molar-refractivity contribution in [1.29, 1.82) is 0 Å². The number of benzene rings is 2. The number of amides is 1. The first-order valence-corrected chi connectivity index (χ1v) is 6.59. The lowest BCUT2D eigenvalue weighted by Gasteiger charge is -2.08. The minimum absolute atomic E-state index is 0.0629. The Morgan fingerprint density at radius 3 is 2.55 bits per heavy atom. The van der Waals surface area contributed by atoms with Crippen LogP contribution in [0.2, 0.25) is 0 Å². The van der Waals surface area contributed by atoms with E-state index in [1.165, 1.54) is 0 Å². The summed E-state index contributed by atoms with van der Waals surface area (Å²) in [4.78, 5) is 11.6. The molecule has 20 heavy (non-hydrogen) atoms. The molecule has 0 aliphatic rings. The van der Waals surface area contributed by atoms with Gasteiger partial charge in [-0.3, -0.25) is 4.79 Å². The molecule has 2 aromatic carbocycles. The molecule has 2 rings (SSSR count). The molecular weight excluding hydrogens is 252 g/mol. The van der Waals surface area contributed by atoms with Crippen molar-refractivity contribution in [3.63, 3.8) is 0 Å². The van der Waals surface area contributed by atoms with Crippen molar-refractivity contribution in [2.75, 3.05) is 11.9 Å². The molecule has 0 fully saturated rings. The summed E-state index contributed by atoms with van der Waals surface area (Å²) in [6.45, 7) is 3.13. The number of carbonyl (C=O) groups is 1. The predicted molar refractivity (Wildman–Crippen MR) is 79.9 cm³/mol. The van der Waals surface area contributed by atoms with Gasteiger partial charge in [0, 0.05) is 24.3 Å². The molecule has 104 valence electrons. The Labute approximate surface area is 118 Å². The molecule has 0 bridgehead atoms. The molecule has 2 aromatic rings. The van der Waals surface area contributed by atoms with Crippen LogP contribution in [0.5, 0.6) is 5.75 Å². The number of carbonyl (C=O) groups excluding carboxylic acids is 1. The van der Waals surface area contributed by atoms with Gasteiger partial charge in [0.2, 0.25) is 0 Å². The summed E-state index contributed by atoms with van der Waals surface area (Å²) in [5, 5.41) is 15.4. The van der Waals surface area contributed by atoms with Gasteiger partial charge in [-0.25, -0.2) is 0 Å². The Hall–Kier alpha value is -2.49. The zero-order chi connectivity index (χ0) is 14.4. The van der Waals surface area contributed by atoms with Gasteiger partial charge in [0.15, 0.2) is 0 Å². The lowest BCUT2D eigenvalue weighted by atomic mass is 10.1. The van der Waals surface area contributed by atoms with Crippen LogP contribution in [-0.4, -0.2) is 17.6 Å². The van der Waals surface area contributed by atoms with Crippen LogP contribution in [0.1, 0.15) is 22.8 Å². The zero-order valence-electron chi connectivity index (χ0n) is 11.4. The molecule has 3 N–H and O–H groups in total. The largest absolute Gasteiger partial charge is 0.508 e. The minimum Gasteiger partial charge on any atom is -0.508 e. The Morgan fingerprint density at radius 1 is 1.15 bits per heavy atom. The number of phenols is 1. The van der Waals surface area contributed by atoms with Crippen LogP contribution in [0.3, 0.4) is 0 Å². The van der Waals surface area contributed by atoms with E-state index < -0.39 is 0 Å². The van der Waals surface area contributed by atoms with Crippen molar-refractivity contribution >= 4 is 11.6 Å². The fraction of sp³-hybridized carbons (Fsp3) is 0.188. The summed E-state index contributed by atoms with van der Waals surface area (Å²) in [5.74, 6) is 0.197. The fourth-order valence-electron chi connectivity index (χ4n) is 1.87. The van der Waals surface area contributed by atoms with Crippen LogP contribution in [0.4, 0.5) is 5.69 Å². The number of anilines is 1. The van der Waals surface area contributed by atoms with Gasteiger partial charge in [0.05, 0.1) is 0 Å². The van der Waals surface area contributed by atoms with E-state index in [1.54, 1.807) is 24.3 Å². The van der Waals surface area contributed by atoms with E-state index in [4.69, 9.17) is 0 Å². The molecule has 0 saturated carbocycles. The van der Waals surface area contributed by atoms with Gasteiger partial charge in [-0.05, 0) is 48.9 Å². The Bertz CT molecular complexity index is 579. The molecule has 0 radical (unpaired) electrons. The second-order valence-electron chi connectivity index (χ2n) is 4.46. The highest BCUT2D eigenvalue weighted by Gasteiger charge is 2.03. The molecular formula is C16H18N2O2. The maximum atomic E-state index is 11.6. The molecule has 0 saturated heterocycles. The first-order valence-electron chi connectivity index (χ1n) is 6.59. The van der Waals surface area contributed by atoms with E-state index in [1.807, 2.05) is 31.2 Å². The normalized spacial score (nSPS) is 10.1. The third kappa shape index (κ3) is 3.75. The highest BCUT2D eigenvalue weighted by molar-refractivity contribution is 5.94. The average molecular weight is 270 g/mol. The lowest BCUT2D eigenvalue weighted by molar-refractivity contribution is 0.0956. The average Bonchev–Trinajstić information content (AvgIpc) is 2.46. The second kappa shape index (κ2) is 6.61. The lowest BCUT2D eigenvalue weighted by Crippen LogP contribution is -2.22. The van der Waals surface area contributed by atoms with Crippen molar-refractivity contribution in [1.82, 2.24) is 5.32 Å². The first-order chi connectivity index (χ1) is 9.69. The number of rotatable bonds is 5. The third-order valence-corrected chi connectivity index (χ3v) is 2.89. The summed E-state index contributed by atoms with van der Waals surface area (Å²) < 4.78 is 0. The topological polar surface area (TPSA) is 61.4 Å². The second-order valence-corrected chi connectivity index (χ2v) is 4.46. The summed E-state index contributed by atoms with van der Waals surface area (Å²) in [7, 11) is 0. The molecule has 0 aliphatic carbocycles. The summed E-state index contributed by atoms with van der Waals surface area (Å²) in [5.41, 5.74) is 2.58. The molecule has 0 atom stereocenters. The maximum absolute atomic E-state index is 11.6. The number of phenolic OH excluding ortho intramolecular Hbond substituents is 1. The highest BCUT2D eigenvalue weighted by Crippen LogP contribution is 2.14. The zero-order valence-corrected chi connectivity index (χ0v) is 11.4. The standard InChI is InChI=1S/C16H18N2O2/c1-2-17-16(20)13-6-8-14(9-7-13)18-11-12-4-3-5-15(19)10-12/h3-10,18-19H,2,11H2,1H3,(H,17,20). The maximum Gasteiger partial charge on any atom is 0.251 e. The van der Waals surface area contributed by atoms with Gasteiger partial charge in [0.1, 0.15) is 5.75 Å². The van der Waals surface area contributed by atoms with Gasteiger partial charge in [-0.15, -0.1) is 0 Å². The van der Waals surface area contributed by atoms with Crippen LogP contribution in [0.15, 0.2) is 48.5 Å². The molecule has 0 aliphatic heterocycles. The minimum atomic E-state index is -0.0629. The molecule has 1 amide bonds. The summed E-state index contributed by atoms with van der Waals surface area (Å²) in [6, 6.07) is 14.4. The Kier molecular flexibility index (Phi) is 4.60. The van der Waals surface area contributed by atoms with Crippen LogP contribution in [0, 0.1) is 0 Å². The Balaban J connectivity index is 1.95. The van der Waals surface area contributed by atoms with Gasteiger partial charge < -0.3 is 15.7 Å². The van der Waals surface area contributed by atoms with Crippen LogP contribution in [-0.2, 0) is 6.54 Å². The smallest absolute Gasteiger partial charge is 0.251 e. The summed E-state index contributed by atoms with van der Waals surface area (Å²) >= 11 is 0. The molecule has 4 nitrogen and oxygen atoms in total. The first kappa shape index (κ1) is 13.9. The third-order valence-electron chi connectivity index (χ3n) is 2.89. The van der Waals surface area contributed by atoms with E-state index in [-0.39, 0.29) is 11.7 Å². The highest BCUT2D eigenvalue weighted by atomic mass is 16.3. The van der Waals surface area contributed by atoms with Crippen molar-refractivity contribution in [2.24, 2.45) is 0 Å². The van der Waals surface area contributed by atoms with E-state index in [2.05, 4.69) is 10.6 Å². The summed E-state index contributed by atoms with van der Waals surface area (Å²) in [6.07, 6.45) is 0. The number of hydrogen-bond donors (Lipinski definition) is 3. The fourth-order valence-corrected chi connectivity index (χ4v) is 1.87. The molecule has 0 heterocycles. The van der Waals surface area contributed by atoms with E-state index in [9.17, 15) is 9.90 Å². The molecule has 0 spiro atoms. The number of hydrogen-bond acceptors (Lipinski definition) is 3. The van der Waals surface area contributed by atoms with Crippen LogP contribution in [0.25, 0.3) is 0 Å². The van der Waals surface area contributed by atoms with Gasteiger partial charge >= 0.3 is 0 Å².